The van der Waals surface area contributed by atoms with Crippen LogP contribution in [-0.4, -0.2) is 14.7 Å². The summed E-state index contributed by atoms with van der Waals surface area (Å²) in [4.78, 5) is 9.97. The molecule has 0 bridgehead atoms. The molecule has 1 aromatic carbocycles. The summed E-state index contributed by atoms with van der Waals surface area (Å²) in [6.45, 7) is 0. The van der Waals surface area contributed by atoms with Crippen LogP contribution in [0.25, 0.3) is 17.1 Å². The maximum absolute atomic E-state index is 12.9. The zero-order valence-electron chi connectivity index (χ0n) is 10.9. The van der Waals surface area contributed by atoms with Gasteiger partial charge in [0.15, 0.2) is 5.76 Å². The van der Waals surface area contributed by atoms with E-state index in [1.54, 1.807) is 0 Å². The fraction of sp³-hybridized carbons (Fsp3) is 0. The molecule has 0 aliphatic carbocycles. The predicted octanol–water partition coefficient (Wildman–Crippen LogP) is 3.05. The Bertz CT molecular complexity index is 890. The van der Waals surface area contributed by atoms with Gasteiger partial charge in [0.1, 0.15) is 28.1 Å². The van der Waals surface area contributed by atoms with Crippen molar-refractivity contribution in [3.05, 3.63) is 64.1 Å². The number of hydrogen-bond acceptors (Lipinski definition) is 5. The molecule has 0 spiro atoms. The Morgan fingerprint density at radius 1 is 1.27 bits per heavy atom. The number of benzene rings is 1. The van der Waals surface area contributed by atoms with Crippen molar-refractivity contribution in [1.82, 2.24) is 9.78 Å². The van der Waals surface area contributed by atoms with Gasteiger partial charge in [0.25, 0.3) is 0 Å². The Balaban J connectivity index is 2.06. The van der Waals surface area contributed by atoms with Gasteiger partial charge in [0, 0.05) is 6.20 Å². The topological polar surface area (TPSA) is 97.9 Å². The highest BCUT2D eigenvalue weighted by atomic mass is 19.1. The average Bonchev–Trinajstić information content (AvgIpc) is 3.14. The molecule has 0 fully saturated rings. The monoisotopic (exact) mass is 298 g/mol. The Morgan fingerprint density at radius 3 is 2.59 bits per heavy atom. The summed E-state index contributed by atoms with van der Waals surface area (Å²) in [6, 6.07) is 10.0. The maximum Gasteiger partial charge on any atom is 0.433 e. The average molecular weight is 298 g/mol. The molecule has 0 N–H and O–H groups in total. The van der Waals surface area contributed by atoms with Crippen LogP contribution in [-0.2, 0) is 0 Å². The third-order valence-corrected chi connectivity index (χ3v) is 2.93. The van der Waals surface area contributed by atoms with Crippen LogP contribution in [0.15, 0.2) is 47.0 Å². The van der Waals surface area contributed by atoms with Gasteiger partial charge in [-0.05, 0) is 30.3 Å². The molecule has 108 valence electrons. The van der Waals surface area contributed by atoms with Gasteiger partial charge < -0.3 is 4.42 Å². The molecule has 22 heavy (non-hydrogen) atoms. The smallest absolute Gasteiger partial charge is 0.399 e. The van der Waals surface area contributed by atoms with Crippen molar-refractivity contribution in [1.29, 1.82) is 5.26 Å². The summed E-state index contributed by atoms with van der Waals surface area (Å²) >= 11 is 0. The molecule has 3 aromatic rings. The van der Waals surface area contributed by atoms with Gasteiger partial charge in [-0.3, -0.25) is 10.1 Å². The molecule has 0 unspecified atom stereocenters. The van der Waals surface area contributed by atoms with Gasteiger partial charge in [-0.2, -0.15) is 10.4 Å². The van der Waals surface area contributed by atoms with Crippen molar-refractivity contribution in [2.75, 3.05) is 0 Å². The van der Waals surface area contributed by atoms with E-state index in [1.165, 1.54) is 47.3 Å². The van der Waals surface area contributed by atoms with Crippen LogP contribution in [0, 0.1) is 27.3 Å². The quantitative estimate of drug-likeness (QED) is 0.546. The van der Waals surface area contributed by atoms with Crippen LogP contribution in [0.2, 0.25) is 0 Å². The second-order valence-electron chi connectivity index (χ2n) is 4.32. The van der Waals surface area contributed by atoms with Crippen LogP contribution < -0.4 is 0 Å². The first-order valence-electron chi connectivity index (χ1n) is 6.09. The van der Waals surface area contributed by atoms with E-state index in [2.05, 4.69) is 5.10 Å². The molecule has 3 rings (SSSR count). The zero-order valence-corrected chi connectivity index (χ0v) is 10.9. The highest BCUT2D eigenvalue weighted by Gasteiger charge is 2.19. The number of hydrogen-bond donors (Lipinski definition) is 0. The van der Waals surface area contributed by atoms with Gasteiger partial charge in [0.05, 0.1) is 11.8 Å². The summed E-state index contributed by atoms with van der Waals surface area (Å²) < 4.78 is 19.4. The van der Waals surface area contributed by atoms with E-state index in [4.69, 9.17) is 9.68 Å². The van der Waals surface area contributed by atoms with E-state index in [9.17, 15) is 14.5 Å². The molecule has 0 saturated carbocycles. The minimum absolute atomic E-state index is 0.115. The third kappa shape index (κ3) is 2.31. The molecular weight excluding hydrogens is 291 g/mol. The van der Waals surface area contributed by atoms with Gasteiger partial charge >= 0.3 is 5.88 Å². The van der Waals surface area contributed by atoms with Crippen molar-refractivity contribution in [3.8, 4) is 23.2 Å². The normalized spacial score (nSPS) is 10.4. The second-order valence-corrected chi connectivity index (χ2v) is 4.32. The first-order chi connectivity index (χ1) is 10.6. The van der Waals surface area contributed by atoms with Gasteiger partial charge in [-0.1, -0.05) is 0 Å². The summed E-state index contributed by atoms with van der Waals surface area (Å²) in [5.74, 6) is -0.711. The predicted molar refractivity (Wildman–Crippen MR) is 72.6 cm³/mol. The van der Waals surface area contributed by atoms with Crippen LogP contribution in [0.4, 0.5) is 10.3 Å². The fourth-order valence-corrected chi connectivity index (χ4v) is 1.92. The van der Waals surface area contributed by atoms with Crippen molar-refractivity contribution in [2.45, 2.75) is 0 Å². The standard InChI is InChI=1S/C14H7FN4O3/c15-10-1-3-11(4-2-10)18-8-9(7-16)14(17-18)12-5-6-13(22-12)19(20)21/h1-6,8H. The molecule has 0 aliphatic rings. The van der Waals surface area contributed by atoms with E-state index in [1.807, 2.05) is 6.07 Å². The molecule has 0 aliphatic heterocycles. The lowest BCUT2D eigenvalue weighted by atomic mass is 10.2. The SMILES string of the molecule is N#Cc1cn(-c2ccc(F)cc2)nc1-c1ccc([N+](=O)[O-])o1. The van der Waals surface area contributed by atoms with Crippen LogP contribution in [0.3, 0.4) is 0 Å². The number of nitrogens with zero attached hydrogens (tertiary/aromatic N) is 4. The lowest BCUT2D eigenvalue weighted by molar-refractivity contribution is -0.401. The Labute approximate surface area is 123 Å². The van der Waals surface area contributed by atoms with Crippen molar-refractivity contribution in [3.63, 3.8) is 0 Å². The van der Waals surface area contributed by atoms with Crippen LogP contribution in [0.1, 0.15) is 5.56 Å². The lowest BCUT2D eigenvalue weighted by Crippen LogP contribution is -1.94. The van der Waals surface area contributed by atoms with Gasteiger partial charge in [-0.15, -0.1) is 0 Å². The number of nitriles is 1. The van der Waals surface area contributed by atoms with E-state index in [0.717, 1.165) is 0 Å². The molecule has 2 heterocycles. The van der Waals surface area contributed by atoms with Crippen LogP contribution >= 0.6 is 0 Å². The fourth-order valence-electron chi connectivity index (χ4n) is 1.92. The molecule has 0 amide bonds. The molecule has 2 aromatic heterocycles. The minimum Gasteiger partial charge on any atom is -0.399 e. The summed E-state index contributed by atoms with van der Waals surface area (Å²) in [6.07, 6.45) is 1.44. The van der Waals surface area contributed by atoms with Crippen LogP contribution in [0.5, 0.6) is 0 Å². The van der Waals surface area contributed by atoms with Gasteiger partial charge in [-0.25, -0.2) is 9.07 Å². The molecule has 8 heteroatoms. The van der Waals surface area contributed by atoms with Gasteiger partial charge in [0.2, 0.25) is 0 Å². The minimum atomic E-state index is -0.674. The number of furan rings is 1. The summed E-state index contributed by atoms with van der Waals surface area (Å²) in [7, 11) is 0. The van der Waals surface area contributed by atoms with Crippen molar-refractivity contribution in [2.24, 2.45) is 0 Å². The Hall–Kier alpha value is -3.47. The maximum atomic E-state index is 12.9. The third-order valence-electron chi connectivity index (χ3n) is 2.93. The van der Waals surface area contributed by atoms with Crippen molar-refractivity contribution >= 4 is 5.88 Å². The highest BCUT2D eigenvalue weighted by molar-refractivity contribution is 5.62. The molecule has 0 saturated heterocycles. The molecule has 0 atom stereocenters. The second kappa shape index (κ2) is 5.14. The molecule has 7 nitrogen and oxygen atoms in total. The largest absolute Gasteiger partial charge is 0.433 e. The molecular formula is C14H7FN4O3. The van der Waals surface area contributed by atoms with E-state index < -0.39 is 16.6 Å². The first-order valence-corrected chi connectivity index (χ1v) is 6.09. The number of rotatable bonds is 3. The zero-order chi connectivity index (χ0) is 15.7. The van der Waals surface area contributed by atoms with E-state index in [0.29, 0.717) is 5.69 Å². The van der Waals surface area contributed by atoms with Crippen molar-refractivity contribution < 1.29 is 13.7 Å². The summed E-state index contributed by atoms with van der Waals surface area (Å²) in [5.41, 5.74) is 0.915. The highest BCUT2D eigenvalue weighted by Crippen LogP contribution is 2.28. The molecule has 0 radical (unpaired) electrons. The Kier molecular flexibility index (Phi) is 3.16. The Morgan fingerprint density at radius 2 is 2.00 bits per heavy atom. The first kappa shape index (κ1) is 13.5. The number of halogens is 1. The van der Waals surface area contributed by atoms with E-state index in [-0.39, 0.29) is 17.0 Å². The lowest BCUT2D eigenvalue weighted by Gasteiger charge is -1.99. The summed E-state index contributed by atoms with van der Waals surface area (Å²) in [5, 5.41) is 24.0. The van der Waals surface area contributed by atoms with E-state index >= 15 is 0 Å². The number of nitro groups is 1. The number of aromatic nitrogens is 2.